The number of pyridine rings is 1. The van der Waals surface area contributed by atoms with Crippen molar-refractivity contribution in [3.63, 3.8) is 0 Å². The van der Waals surface area contributed by atoms with E-state index < -0.39 is 27.7 Å². The van der Waals surface area contributed by atoms with E-state index in [4.69, 9.17) is 0 Å². The van der Waals surface area contributed by atoms with Gasteiger partial charge in [0.25, 0.3) is 0 Å². The Balaban J connectivity index is 1.63. The second kappa shape index (κ2) is 8.36. The molecule has 0 N–H and O–H groups in total. The molecule has 1 aliphatic rings. The normalized spacial score (nSPS) is 16.3. The van der Waals surface area contributed by atoms with Gasteiger partial charge >= 0.3 is 11.7 Å². The van der Waals surface area contributed by atoms with E-state index in [0.717, 1.165) is 14.8 Å². The summed E-state index contributed by atoms with van der Waals surface area (Å²) in [5, 5.41) is 4.13. The van der Waals surface area contributed by atoms with E-state index in [1.165, 1.54) is 48.8 Å². The average molecular weight is 463 g/mol. The molecule has 0 radical (unpaired) electrons. The largest absolute Gasteiger partial charge is 0.467 e. The molecular weight excluding hydrogens is 441 g/mol. The lowest BCUT2D eigenvalue weighted by molar-refractivity contribution is -0.144. The summed E-state index contributed by atoms with van der Waals surface area (Å²) >= 11 is 0. The van der Waals surface area contributed by atoms with Crippen LogP contribution in [0.5, 0.6) is 0 Å². The van der Waals surface area contributed by atoms with Gasteiger partial charge in [-0.3, -0.25) is 0 Å². The predicted octanol–water partition coefficient (Wildman–Crippen LogP) is 0.880. The maximum atomic E-state index is 13.4. The highest BCUT2D eigenvalue weighted by molar-refractivity contribution is 7.89. The standard InChI is InChI=1S/C20H22FN5O5S/c1-14(19(27)31-2)26-20(28)25-9-3-4-17(18(25)22-26)32(29,30)24-12-10-23(11-13-24)16-7-5-15(21)6-8-16/h3-9,14H,10-13H2,1-2H3/t14-/m0/s1. The van der Waals surface area contributed by atoms with Crippen LogP contribution in [0.15, 0.2) is 52.3 Å². The summed E-state index contributed by atoms with van der Waals surface area (Å²) in [7, 11) is -2.77. The zero-order valence-corrected chi connectivity index (χ0v) is 18.3. The molecule has 0 unspecified atom stereocenters. The fraction of sp³-hybridized carbons (Fsp3) is 0.350. The number of esters is 1. The molecule has 32 heavy (non-hydrogen) atoms. The number of piperazine rings is 1. The minimum absolute atomic E-state index is 0.0609. The number of sulfonamides is 1. The SMILES string of the molecule is COC(=O)[C@H](C)n1nc2c(S(=O)(=O)N3CCN(c4ccc(F)cc4)CC3)cccn2c1=O. The molecule has 1 aliphatic heterocycles. The van der Waals surface area contributed by atoms with Gasteiger partial charge in [-0.2, -0.15) is 8.99 Å². The summed E-state index contributed by atoms with van der Waals surface area (Å²) in [4.78, 5) is 26.4. The van der Waals surface area contributed by atoms with E-state index in [2.05, 4.69) is 9.84 Å². The number of ether oxygens (including phenoxy) is 1. The fourth-order valence-corrected chi connectivity index (χ4v) is 5.23. The van der Waals surface area contributed by atoms with Crippen molar-refractivity contribution < 1.29 is 22.3 Å². The van der Waals surface area contributed by atoms with Crippen molar-refractivity contribution in [2.45, 2.75) is 17.9 Å². The number of hydrogen-bond acceptors (Lipinski definition) is 7. The van der Waals surface area contributed by atoms with Crippen molar-refractivity contribution in [2.24, 2.45) is 0 Å². The van der Waals surface area contributed by atoms with E-state index >= 15 is 0 Å². The first kappa shape index (κ1) is 22.0. The molecule has 1 saturated heterocycles. The Morgan fingerprint density at radius 1 is 1.12 bits per heavy atom. The highest BCUT2D eigenvalue weighted by Crippen LogP contribution is 2.23. The van der Waals surface area contributed by atoms with Gasteiger partial charge in [0.1, 0.15) is 10.7 Å². The number of fused-ring (bicyclic) bond motifs is 1. The molecule has 1 atom stereocenters. The Kier molecular flexibility index (Phi) is 5.73. The van der Waals surface area contributed by atoms with Crippen molar-refractivity contribution in [2.75, 3.05) is 38.2 Å². The van der Waals surface area contributed by atoms with Gasteiger partial charge in [0.2, 0.25) is 10.0 Å². The summed E-state index contributed by atoms with van der Waals surface area (Å²) in [6, 6.07) is 7.86. The highest BCUT2D eigenvalue weighted by Gasteiger charge is 2.32. The third kappa shape index (κ3) is 3.75. The number of methoxy groups -OCH3 is 1. The van der Waals surface area contributed by atoms with Crippen LogP contribution in [0.1, 0.15) is 13.0 Å². The number of rotatable bonds is 5. The quantitative estimate of drug-likeness (QED) is 0.517. The Bertz CT molecular complexity index is 1310. The average Bonchev–Trinajstić information content (AvgIpc) is 3.15. The second-order valence-electron chi connectivity index (χ2n) is 7.36. The molecule has 0 aliphatic carbocycles. The smallest absolute Gasteiger partial charge is 0.351 e. The molecule has 170 valence electrons. The maximum Gasteiger partial charge on any atom is 0.351 e. The first-order valence-electron chi connectivity index (χ1n) is 9.92. The highest BCUT2D eigenvalue weighted by atomic mass is 32.2. The van der Waals surface area contributed by atoms with E-state index in [1.54, 1.807) is 12.1 Å². The number of carbonyl (C=O) groups is 1. The van der Waals surface area contributed by atoms with Crippen LogP contribution in [-0.4, -0.2) is 66.2 Å². The third-order valence-corrected chi connectivity index (χ3v) is 7.41. The van der Waals surface area contributed by atoms with Crippen molar-refractivity contribution in [3.05, 3.63) is 58.9 Å². The van der Waals surface area contributed by atoms with Crippen molar-refractivity contribution in [1.29, 1.82) is 0 Å². The summed E-state index contributed by atoms with van der Waals surface area (Å²) < 4.78 is 47.9. The van der Waals surface area contributed by atoms with Crippen LogP contribution in [0.3, 0.4) is 0 Å². The zero-order valence-electron chi connectivity index (χ0n) is 17.5. The first-order chi connectivity index (χ1) is 15.2. The van der Waals surface area contributed by atoms with Crippen molar-refractivity contribution in [3.8, 4) is 0 Å². The number of hydrogen-bond donors (Lipinski definition) is 0. The van der Waals surface area contributed by atoms with Gasteiger partial charge in [-0.15, -0.1) is 5.10 Å². The molecular formula is C20H22FN5O5S. The number of carbonyl (C=O) groups excluding carboxylic acids is 1. The van der Waals surface area contributed by atoms with Crippen LogP contribution in [0.2, 0.25) is 0 Å². The number of aromatic nitrogens is 3. The predicted molar refractivity (Wildman–Crippen MR) is 114 cm³/mol. The summed E-state index contributed by atoms with van der Waals surface area (Å²) in [6.45, 7) is 2.72. The molecule has 4 rings (SSSR count). The number of halogens is 1. The van der Waals surface area contributed by atoms with Gasteiger partial charge in [0.15, 0.2) is 11.7 Å². The lowest BCUT2D eigenvalue weighted by Crippen LogP contribution is -2.48. The van der Waals surface area contributed by atoms with Crippen LogP contribution in [0, 0.1) is 5.82 Å². The van der Waals surface area contributed by atoms with E-state index in [0.29, 0.717) is 13.1 Å². The van der Waals surface area contributed by atoms with Crippen molar-refractivity contribution in [1.82, 2.24) is 18.5 Å². The second-order valence-corrected chi connectivity index (χ2v) is 9.27. The molecule has 10 nitrogen and oxygen atoms in total. The molecule has 0 amide bonds. The van der Waals surface area contributed by atoms with Crippen LogP contribution in [-0.2, 0) is 19.6 Å². The van der Waals surface area contributed by atoms with Gasteiger partial charge < -0.3 is 9.64 Å². The number of anilines is 1. The van der Waals surface area contributed by atoms with Gasteiger partial charge in [0, 0.05) is 38.1 Å². The zero-order chi connectivity index (χ0) is 23.0. The van der Waals surface area contributed by atoms with E-state index in [-0.39, 0.29) is 29.4 Å². The van der Waals surface area contributed by atoms with Crippen LogP contribution in [0.25, 0.3) is 5.65 Å². The summed E-state index contributed by atoms with van der Waals surface area (Å²) in [6.07, 6.45) is 1.40. The van der Waals surface area contributed by atoms with Gasteiger partial charge in [-0.05, 0) is 43.3 Å². The number of benzene rings is 1. The molecule has 3 aromatic rings. The monoisotopic (exact) mass is 463 g/mol. The Morgan fingerprint density at radius 2 is 1.78 bits per heavy atom. The van der Waals surface area contributed by atoms with Gasteiger partial charge in [-0.25, -0.2) is 26.8 Å². The van der Waals surface area contributed by atoms with Crippen LogP contribution in [0.4, 0.5) is 10.1 Å². The van der Waals surface area contributed by atoms with E-state index in [9.17, 15) is 22.4 Å². The molecule has 0 saturated carbocycles. The Hall–Kier alpha value is -3.25. The lowest BCUT2D eigenvalue weighted by atomic mass is 10.2. The van der Waals surface area contributed by atoms with E-state index in [1.807, 2.05) is 4.90 Å². The molecule has 1 aromatic carbocycles. The minimum Gasteiger partial charge on any atom is -0.467 e. The third-order valence-electron chi connectivity index (χ3n) is 5.49. The van der Waals surface area contributed by atoms with Gasteiger partial charge in [0.05, 0.1) is 7.11 Å². The first-order valence-corrected chi connectivity index (χ1v) is 11.4. The molecule has 2 aromatic heterocycles. The molecule has 0 spiro atoms. The lowest BCUT2D eigenvalue weighted by Gasteiger charge is -2.35. The fourth-order valence-electron chi connectivity index (χ4n) is 3.69. The van der Waals surface area contributed by atoms with Crippen molar-refractivity contribution >= 4 is 27.3 Å². The maximum absolute atomic E-state index is 13.4. The number of nitrogens with zero attached hydrogens (tertiary/aromatic N) is 5. The van der Waals surface area contributed by atoms with Gasteiger partial charge in [-0.1, -0.05) is 0 Å². The Labute approximate surface area is 183 Å². The summed E-state index contributed by atoms with van der Waals surface area (Å²) in [5.74, 6) is -1.00. The Morgan fingerprint density at radius 3 is 2.41 bits per heavy atom. The molecule has 0 bridgehead atoms. The minimum atomic E-state index is -3.96. The molecule has 1 fully saturated rings. The van der Waals surface area contributed by atoms with Crippen LogP contribution >= 0.6 is 0 Å². The van der Waals surface area contributed by atoms with Crippen LogP contribution < -0.4 is 10.6 Å². The molecule has 3 heterocycles. The topological polar surface area (TPSA) is 106 Å². The summed E-state index contributed by atoms with van der Waals surface area (Å²) in [5.41, 5.74) is 0.109. The molecule has 12 heteroatoms.